The van der Waals surface area contributed by atoms with Gasteiger partial charge in [0.2, 0.25) is 5.91 Å². The van der Waals surface area contributed by atoms with Gasteiger partial charge in [0.1, 0.15) is 11.2 Å². The highest BCUT2D eigenvalue weighted by molar-refractivity contribution is 14.1. The van der Waals surface area contributed by atoms with Crippen LogP contribution in [0.2, 0.25) is 0 Å². The molecule has 1 saturated carbocycles. The first-order valence-corrected chi connectivity index (χ1v) is 6.58. The molecule has 88 valence electrons. The van der Waals surface area contributed by atoms with Crippen molar-refractivity contribution in [3.63, 3.8) is 0 Å². The molecule has 1 aromatic heterocycles. The number of rotatable bonds is 2. The largest absolute Gasteiger partial charge is 0.309 e. The summed E-state index contributed by atoms with van der Waals surface area (Å²) in [5.74, 6) is 0.295. The van der Waals surface area contributed by atoms with Crippen molar-refractivity contribution in [1.82, 2.24) is 4.98 Å². The lowest BCUT2D eigenvalue weighted by atomic mass is 9.87. The minimum absolute atomic E-state index is 0.216. The minimum Gasteiger partial charge on any atom is -0.309 e. The summed E-state index contributed by atoms with van der Waals surface area (Å²) in [5, 5.41) is 11.9. The second kappa shape index (κ2) is 5.00. The number of amides is 1. The lowest BCUT2D eigenvalue weighted by Gasteiger charge is -2.18. The summed E-state index contributed by atoms with van der Waals surface area (Å²) >= 11 is 2.15. The van der Waals surface area contributed by atoms with Crippen LogP contribution < -0.4 is 5.32 Å². The standard InChI is InChI=1S/C12H12IN3O/c13-9-3-4-10(15-7-9)16-11(17)12(8-14)5-1-2-6-12/h3-4,7H,1-2,5-6H2,(H,15,16,17). The molecule has 4 nitrogen and oxygen atoms in total. The number of aromatic nitrogens is 1. The normalized spacial score (nSPS) is 17.4. The van der Waals surface area contributed by atoms with Crippen LogP contribution in [0.4, 0.5) is 5.82 Å². The predicted molar refractivity (Wildman–Crippen MR) is 72.1 cm³/mol. The Balaban J connectivity index is 2.11. The summed E-state index contributed by atoms with van der Waals surface area (Å²) in [5.41, 5.74) is -0.843. The molecule has 5 heteroatoms. The average Bonchev–Trinajstić information content (AvgIpc) is 2.82. The Kier molecular flexibility index (Phi) is 3.62. The zero-order chi connectivity index (χ0) is 12.3. The van der Waals surface area contributed by atoms with E-state index in [-0.39, 0.29) is 5.91 Å². The molecule has 0 radical (unpaired) electrons. The molecule has 0 unspecified atom stereocenters. The van der Waals surface area contributed by atoms with Crippen LogP contribution in [0, 0.1) is 20.3 Å². The van der Waals surface area contributed by atoms with Gasteiger partial charge in [0, 0.05) is 9.77 Å². The number of anilines is 1. The van der Waals surface area contributed by atoms with Gasteiger partial charge in [0.15, 0.2) is 0 Å². The number of pyridine rings is 1. The maximum absolute atomic E-state index is 12.1. The summed E-state index contributed by atoms with van der Waals surface area (Å²) in [7, 11) is 0. The van der Waals surface area contributed by atoms with Crippen molar-refractivity contribution in [3.05, 3.63) is 21.9 Å². The zero-order valence-electron chi connectivity index (χ0n) is 9.24. The first kappa shape index (κ1) is 12.3. The Morgan fingerprint density at radius 1 is 1.47 bits per heavy atom. The van der Waals surface area contributed by atoms with E-state index in [9.17, 15) is 10.1 Å². The number of carbonyl (C=O) groups is 1. The maximum Gasteiger partial charge on any atom is 0.246 e. The average molecular weight is 341 g/mol. The van der Waals surface area contributed by atoms with E-state index in [1.807, 2.05) is 6.07 Å². The number of hydrogen-bond donors (Lipinski definition) is 1. The van der Waals surface area contributed by atoms with Crippen molar-refractivity contribution < 1.29 is 4.79 Å². The van der Waals surface area contributed by atoms with Crippen molar-refractivity contribution in [1.29, 1.82) is 5.26 Å². The third-order valence-electron chi connectivity index (χ3n) is 3.07. The van der Waals surface area contributed by atoms with Crippen LogP contribution in [0.25, 0.3) is 0 Å². The number of carbonyl (C=O) groups excluding carboxylic acids is 1. The van der Waals surface area contributed by atoms with Gasteiger partial charge in [0.25, 0.3) is 0 Å². The molecule has 0 aliphatic heterocycles. The first-order chi connectivity index (χ1) is 8.16. The molecule has 1 amide bonds. The summed E-state index contributed by atoms with van der Waals surface area (Å²) in [6.45, 7) is 0. The number of nitriles is 1. The molecule has 0 aromatic carbocycles. The summed E-state index contributed by atoms with van der Waals surface area (Å²) in [6.07, 6.45) is 4.88. The molecule has 2 rings (SSSR count). The molecule has 0 saturated heterocycles. The Bertz CT molecular complexity index is 458. The van der Waals surface area contributed by atoms with Gasteiger partial charge < -0.3 is 5.32 Å². The molecule has 17 heavy (non-hydrogen) atoms. The third kappa shape index (κ3) is 2.57. The van der Waals surface area contributed by atoms with E-state index in [1.165, 1.54) is 0 Å². The van der Waals surface area contributed by atoms with E-state index in [0.29, 0.717) is 18.7 Å². The van der Waals surface area contributed by atoms with E-state index < -0.39 is 5.41 Å². The molecule has 0 spiro atoms. The monoisotopic (exact) mass is 341 g/mol. The highest BCUT2D eigenvalue weighted by Crippen LogP contribution is 2.38. The van der Waals surface area contributed by atoms with Crippen molar-refractivity contribution >= 4 is 34.3 Å². The Hall–Kier alpha value is -1.16. The van der Waals surface area contributed by atoms with Crippen LogP contribution >= 0.6 is 22.6 Å². The summed E-state index contributed by atoms with van der Waals surface area (Å²) < 4.78 is 1.01. The summed E-state index contributed by atoms with van der Waals surface area (Å²) in [4.78, 5) is 16.2. The van der Waals surface area contributed by atoms with Crippen LogP contribution in [0.3, 0.4) is 0 Å². The van der Waals surface area contributed by atoms with Gasteiger partial charge >= 0.3 is 0 Å². The lowest BCUT2D eigenvalue weighted by molar-refractivity contribution is -0.122. The molecular formula is C12H12IN3O. The molecule has 0 atom stereocenters. The van der Waals surface area contributed by atoms with Gasteiger partial charge in [0.05, 0.1) is 6.07 Å². The number of halogens is 1. The second-order valence-corrected chi connectivity index (χ2v) is 5.46. The quantitative estimate of drug-likeness (QED) is 0.841. The van der Waals surface area contributed by atoms with Crippen molar-refractivity contribution in [2.45, 2.75) is 25.7 Å². The molecule has 1 fully saturated rings. The van der Waals surface area contributed by atoms with E-state index >= 15 is 0 Å². The van der Waals surface area contributed by atoms with Crippen molar-refractivity contribution in [2.75, 3.05) is 5.32 Å². The van der Waals surface area contributed by atoms with Gasteiger partial charge in [-0.05, 0) is 47.6 Å². The lowest BCUT2D eigenvalue weighted by Crippen LogP contribution is -2.32. The molecule has 1 aliphatic rings. The molecule has 1 aromatic rings. The van der Waals surface area contributed by atoms with Gasteiger partial charge in [-0.1, -0.05) is 12.8 Å². The molecular weight excluding hydrogens is 329 g/mol. The van der Waals surface area contributed by atoms with E-state index in [1.54, 1.807) is 12.3 Å². The van der Waals surface area contributed by atoms with E-state index in [2.05, 4.69) is 39.0 Å². The fraction of sp³-hybridized carbons (Fsp3) is 0.417. The Labute approximate surface area is 114 Å². The minimum atomic E-state index is -0.843. The van der Waals surface area contributed by atoms with Gasteiger partial charge in [-0.3, -0.25) is 4.79 Å². The van der Waals surface area contributed by atoms with Crippen molar-refractivity contribution in [3.8, 4) is 6.07 Å². The van der Waals surface area contributed by atoms with Crippen LogP contribution in [-0.2, 0) is 4.79 Å². The Morgan fingerprint density at radius 2 is 2.18 bits per heavy atom. The van der Waals surface area contributed by atoms with Crippen LogP contribution in [0.15, 0.2) is 18.3 Å². The predicted octanol–water partition coefficient (Wildman–Crippen LogP) is 2.71. The van der Waals surface area contributed by atoms with Crippen LogP contribution in [-0.4, -0.2) is 10.9 Å². The fourth-order valence-corrected chi connectivity index (χ4v) is 2.37. The van der Waals surface area contributed by atoms with Gasteiger partial charge in [-0.15, -0.1) is 0 Å². The molecule has 1 heterocycles. The molecule has 1 aliphatic carbocycles. The highest BCUT2D eigenvalue weighted by atomic mass is 127. The fourth-order valence-electron chi connectivity index (χ4n) is 2.05. The van der Waals surface area contributed by atoms with E-state index in [4.69, 9.17) is 0 Å². The number of hydrogen-bond acceptors (Lipinski definition) is 3. The zero-order valence-corrected chi connectivity index (χ0v) is 11.4. The SMILES string of the molecule is N#CC1(C(=O)Nc2ccc(I)cn2)CCCC1. The number of nitrogens with one attached hydrogen (secondary N) is 1. The molecule has 0 bridgehead atoms. The third-order valence-corrected chi connectivity index (χ3v) is 3.71. The van der Waals surface area contributed by atoms with Gasteiger partial charge in [-0.2, -0.15) is 5.26 Å². The topological polar surface area (TPSA) is 65.8 Å². The van der Waals surface area contributed by atoms with Gasteiger partial charge in [-0.25, -0.2) is 4.98 Å². The highest BCUT2D eigenvalue weighted by Gasteiger charge is 2.41. The van der Waals surface area contributed by atoms with E-state index in [0.717, 1.165) is 16.4 Å². The van der Waals surface area contributed by atoms with Crippen LogP contribution in [0.1, 0.15) is 25.7 Å². The maximum atomic E-state index is 12.1. The summed E-state index contributed by atoms with van der Waals surface area (Å²) in [6, 6.07) is 5.79. The van der Waals surface area contributed by atoms with Crippen LogP contribution in [0.5, 0.6) is 0 Å². The number of nitrogens with zero attached hydrogens (tertiary/aromatic N) is 2. The van der Waals surface area contributed by atoms with Crippen molar-refractivity contribution in [2.24, 2.45) is 5.41 Å². The first-order valence-electron chi connectivity index (χ1n) is 5.50. The smallest absolute Gasteiger partial charge is 0.246 e. The molecule has 1 N–H and O–H groups in total. The second-order valence-electron chi connectivity index (χ2n) is 4.22. The Morgan fingerprint density at radius 3 is 2.71 bits per heavy atom.